The van der Waals surface area contributed by atoms with Gasteiger partial charge in [-0.25, -0.2) is 0 Å². The highest BCUT2D eigenvalue weighted by molar-refractivity contribution is 5.94. The molecule has 2 aromatic rings. The van der Waals surface area contributed by atoms with Gasteiger partial charge in [-0.05, 0) is 12.0 Å². The van der Waals surface area contributed by atoms with E-state index in [2.05, 4.69) is 5.10 Å². The Bertz CT molecular complexity index is 807. The van der Waals surface area contributed by atoms with Crippen LogP contribution in [0, 0.1) is 0 Å². The van der Waals surface area contributed by atoms with Crippen LogP contribution in [0.1, 0.15) is 24.0 Å². The number of benzene rings is 2. The van der Waals surface area contributed by atoms with E-state index in [4.69, 9.17) is 0 Å². The summed E-state index contributed by atoms with van der Waals surface area (Å²) in [6.07, 6.45) is -5.22. The summed E-state index contributed by atoms with van der Waals surface area (Å²) < 4.78 is 39.4. The number of rotatable bonds is 4. The Kier molecular flexibility index (Phi) is 4.82. The lowest BCUT2D eigenvalue weighted by Crippen LogP contribution is -2.43. The van der Waals surface area contributed by atoms with Crippen LogP contribution in [0.15, 0.2) is 65.8 Å². The molecule has 0 aromatic heterocycles. The first-order chi connectivity index (χ1) is 12.3. The summed E-state index contributed by atoms with van der Waals surface area (Å²) in [5.74, 6) is -0.667. The highest BCUT2D eigenvalue weighted by Crippen LogP contribution is 2.39. The average Bonchev–Trinajstić information content (AvgIpc) is 3.01. The van der Waals surface area contributed by atoms with Gasteiger partial charge in [0.25, 0.3) is 0 Å². The molecule has 1 atom stereocenters. The molecule has 1 aliphatic rings. The third-order valence-corrected chi connectivity index (χ3v) is 4.25. The number of hydrogen-bond acceptors (Lipinski definition) is 3. The summed E-state index contributed by atoms with van der Waals surface area (Å²) in [6, 6.07) is 16.9. The van der Waals surface area contributed by atoms with E-state index in [9.17, 15) is 23.1 Å². The van der Waals surface area contributed by atoms with Crippen LogP contribution in [0.2, 0.25) is 0 Å². The third kappa shape index (κ3) is 3.62. The number of halogens is 3. The lowest BCUT2D eigenvalue weighted by molar-refractivity contribution is -0.157. The van der Waals surface area contributed by atoms with Gasteiger partial charge in [0.05, 0.1) is 6.42 Å². The van der Waals surface area contributed by atoms with Crippen LogP contribution in [0.5, 0.6) is 0 Å². The molecule has 1 aliphatic heterocycles. The Morgan fingerprint density at radius 3 is 2.23 bits per heavy atom. The van der Waals surface area contributed by atoms with Crippen LogP contribution in [0.4, 0.5) is 13.2 Å². The van der Waals surface area contributed by atoms with Gasteiger partial charge in [-0.3, -0.25) is 4.79 Å². The highest BCUT2D eigenvalue weighted by atomic mass is 19.4. The van der Waals surface area contributed by atoms with E-state index in [0.717, 1.165) is 5.56 Å². The molecule has 0 saturated carbocycles. The van der Waals surface area contributed by atoms with Crippen molar-refractivity contribution in [3.63, 3.8) is 0 Å². The van der Waals surface area contributed by atoms with Crippen molar-refractivity contribution in [2.45, 2.75) is 31.2 Å². The molecule has 1 N–H and O–H groups in total. The SMILES string of the molecule is O=C(CCc1ccccc1)N1N=C(C(F)(F)F)C[C@@]1(O)c1ccccc1. The van der Waals surface area contributed by atoms with Crippen LogP contribution < -0.4 is 0 Å². The molecule has 0 radical (unpaired) electrons. The second-order valence-electron chi connectivity index (χ2n) is 6.10. The fourth-order valence-corrected chi connectivity index (χ4v) is 2.90. The van der Waals surface area contributed by atoms with Crippen LogP contribution >= 0.6 is 0 Å². The van der Waals surface area contributed by atoms with Crippen molar-refractivity contribution in [1.82, 2.24) is 5.01 Å². The molecule has 136 valence electrons. The number of alkyl halides is 3. The Hall–Kier alpha value is -2.67. The fraction of sp³-hybridized carbons (Fsp3) is 0.263. The number of hydrazone groups is 1. The van der Waals surface area contributed by atoms with Crippen LogP contribution in [0.3, 0.4) is 0 Å². The predicted octanol–water partition coefficient (Wildman–Crippen LogP) is 3.62. The topological polar surface area (TPSA) is 52.9 Å². The van der Waals surface area contributed by atoms with Gasteiger partial charge >= 0.3 is 6.18 Å². The van der Waals surface area contributed by atoms with E-state index in [-0.39, 0.29) is 12.0 Å². The number of aryl methyl sites for hydroxylation is 1. The molecule has 0 spiro atoms. The van der Waals surface area contributed by atoms with Crippen molar-refractivity contribution in [2.75, 3.05) is 0 Å². The Balaban J connectivity index is 1.86. The minimum Gasteiger partial charge on any atom is -0.365 e. The van der Waals surface area contributed by atoms with Crippen molar-refractivity contribution < 1.29 is 23.1 Å². The number of aliphatic hydroxyl groups is 1. The molecule has 0 unspecified atom stereocenters. The number of carbonyl (C=O) groups excluding carboxylic acids is 1. The number of nitrogens with zero attached hydrogens (tertiary/aromatic N) is 2. The summed E-state index contributed by atoms with van der Waals surface area (Å²) in [7, 11) is 0. The quantitative estimate of drug-likeness (QED) is 0.903. The van der Waals surface area contributed by atoms with E-state index in [0.29, 0.717) is 11.4 Å². The summed E-state index contributed by atoms with van der Waals surface area (Å²) in [6.45, 7) is 0. The Labute approximate surface area is 148 Å². The molecule has 0 aliphatic carbocycles. The zero-order valence-electron chi connectivity index (χ0n) is 13.8. The molecule has 0 bridgehead atoms. The molecule has 0 saturated heterocycles. The highest BCUT2D eigenvalue weighted by Gasteiger charge is 2.52. The average molecular weight is 362 g/mol. The number of carbonyl (C=O) groups is 1. The molecule has 7 heteroatoms. The Morgan fingerprint density at radius 2 is 1.65 bits per heavy atom. The smallest absolute Gasteiger partial charge is 0.365 e. The summed E-state index contributed by atoms with van der Waals surface area (Å²) in [4.78, 5) is 12.6. The molecule has 2 aromatic carbocycles. The number of amides is 1. The van der Waals surface area contributed by atoms with Gasteiger partial charge in [0.15, 0.2) is 5.72 Å². The maximum atomic E-state index is 13.1. The zero-order valence-corrected chi connectivity index (χ0v) is 13.8. The minimum absolute atomic E-state index is 0.0617. The summed E-state index contributed by atoms with van der Waals surface area (Å²) in [5.41, 5.74) is -2.24. The monoisotopic (exact) mass is 362 g/mol. The van der Waals surface area contributed by atoms with Crippen molar-refractivity contribution in [1.29, 1.82) is 0 Å². The van der Waals surface area contributed by atoms with Crippen molar-refractivity contribution in [3.8, 4) is 0 Å². The van der Waals surface area contributed by atoms with Crippen molar-refractivity contribution in [2.24, 2.45) is 5.10 Å². The molecule has 0 fully saturated rings. The predicted molar refractivity (Wildman–Crippen MR) is 90.1 cm³/mol. The van der Waals surface area contributed by atoms with Gasteiger partial charge in [-0.15, -0.1) is 0 Å². The molecule has 4 nitrogen and oxygen atoms in total. The van der Waals surface area contributed by atoms with Crippen molar-refractivity contribution >= 4 is 11.6 Å². The first-order valence-electron chi connectivity index (χ1n) is 8.10. The largest absolute Gasteiger partial charge is 0.431 e. The molecule has 1 heterocycles. The molecule has 26 heavy (non-hydrogen) atoms. The first-order valence-corrected chi connectivity index (χ1v) is 8.10. The van der Waals surface area contributed by atoms with Crippen LogP contribution in [0.25, 0.3) is 0 Å². The second-order valence-corrected chi connectivity index (χ2v) is 6.10. The minimum atomic E-state index is -4.71. The van der Waals surface area contributed by atoms with E-state index < -0.39 is 29.9 Å². The normalized spacial score (nSPS) is 20.2. The maximum Gasteiger partial charge on any atom is 0.431 e. The Morgan fingerprint density at radius 1 is 1.08 bits per heavy atom. The van der Waals surface area contributed by atoms with Crippen LogP contribution in [-0.2, 0) is 16.9 Å². The molecular weight excluding hydrogens is 345 g/mol. The lowest BCUT2D eigenvalue weighted by atomic mass is 9.96. The zero-order chi connectivity index (χ0) is 18.8. The van der Waals surface area contributed by atoms with Gasteiger partial charge < -0.3 is 5.11 Å². The summed E-state index contributed by atoms with van der Waals surface area (Å²) in [5, 5.41) is 14.9. The van der Waals surface area contributed by atoms with E-state index in [1.54, 1.807) is 18.2 Å². The van der Waals surface area contributed by atoms with Gasteiger partial charge in [0.2, 0.25) is 5.91 Å². The van der Waals surface area contributed by atoms with Crippen LogP contribution in [-0.4, -0.2) is 27.9 Å². The van der Waals surface area contributed by atoms with Gasteiger partial charge in [0, 0.05) is 12.0 Å². The number of hydrogen-bond donors (Lipinski definition) is 1. The standard InChI is InChI=1S/C19H17F3N2O2/c20-19(21,22)16-13-18(26,15-9-5-2-6-10-15)24(23-16)17(25)12-11-14-7-3-1-4-8-14/h1-10,26H,11-13H2/t18-/m1/s1. The maximum absolute atomic E-state index is 13.1. The van der Waals surface area contributed by atoms with Crippen molar-refractivity contribution in [3.05, 3.63) is 71.8 Å². The van der Waals surface area contributed by atoms with Gasteiger partial charge in [0.1, 0.15) is 5.71 Å². The lowest BCUT2D eigenvalue weighted by Gasteiger charge is -2.31. The first kappa shape index (κ1) is 18.1. The molecule has 3 rings (SSSR count). The van der Waals surface area contributed by atoms with Gasteiger partial charge in [-0.2, -0.15) is 23.3 Å². The second kappa shape index (κ2) is 6.92. The molecular formula is C19H17F3N2O2. The molecule has 1 amide bonds. The van der Waals surface area contributed by atoms with Gasteiger partial charge in [-0.1, -0.05) is 60.7 Å². The van der Waals surface area contributed by atoms with E-state index in [1.807, 2.05) is 30.3 Å². The van der Waals surface area contributed by atoms with E-state index >= 15 is 0 Å². The fourth-order valence-electron chi connectivity index (χ4n) is 2.90. The van der Waals surface area contributed by atoms with E-state index in [1.165, 1.54) is 12.1 Å². The third-order valence-electron chi connectivity index (χ3n) is 4.25. The summed E-state index contributed by atoms with van der Waals surface area (Å²) >= 11 is 0.